The minimum Gasteiger partial charge on any atom is -0.368 e. The van der Waals surface area contributed by atoms with Gasteiger partial charge in [-0.2, -0.15) is 0 Å². The van der Waals surface area contributed by atoms with Crippen molar-refractivity contribution in [3.63, 3.8) is 0 Å². The highest BCUT2D eigenvalue weighted by Crippen LogP contribution is 2.27. The second kappa shape index (κ2) is 8.72. The van der Waals surface area contributed by atoms with E-state index in [4.69, 9.17) is 5.73 Å². The van der Waals surface area contributed by atoms with Crippen molar-refractivity contribution in [2.75, 3.05) is 7.05 Å². The number of hydrogen-bond acceptors (Lipinski definition) is 2. The summed E-state index contributed by atoms with van der Waals surface area (Å²) in [5.74, 6) is 0.492. The Labute approximate surface area is 93.8 Å². The molecule has 90 valence electrons. The topological polar surface area (TPSA) is 55.1 Å². The van der Waals surface area contributed by atoms with Gasteiger partial charge in [-0.1, -0.05) is 46.0 Å². The number of likely N-dealkylation sites (N-methyl/N-ethyl adjacent to an activating group) is 1. The molecule has 1 fully saturated rings. The highest BCUT2D eigenvalue weighted by molar-refractivity contribution is 5.79. The second-order valence-corrected chi connectivity index (χ2v) is 3.98. The van der Waals surface area contributed by atoms with E-state index in [-0.39, 0.29) is 11.9 Å². The van der Waals surface area contributed by atoms with Crippen molar-refractivity contribution in [2.24, 2.45) is 11.7 Å². The predicted molar refractivity (Wildman–Crippen MR) is 64.6 cm³/mol. The van der Waals surface area contributed by atoms with Gasteiger partial charge < -0.3 is 11.1 Å². The molecule has 1 saturated carbocycles. The van der Waals surface area contributed by atoms with Crippen molar-refractivity contribution in [3.8, 4) is 0 Å². The summed E-state index contributed by atoms with van der Waals surface area (Å²) in [5, 5.41) is 2.97. The van der Waals surface area contributed by atoms with Crippen LogP contribution in [0.1, 0.15) is 52.4 Å². The van der Waals surface area contributed by atoms with E-state index in [0.29, 0.717) is 5.92 Å². The Balaban J connectivity index is 0.000000921. The predicted octanol–water partition coefficient (Wildman–Crippen LogP) is 2.06. The van der Waals surface area contributed by atoms with E-state index in [1.54, 1.807) is 7.05 Å². The Kier molecular flexibility index (Phi) is 8.38. The van der Waals surface area contributed by atoms with Crippen LogP contribution in [0.5, 0.6) is 0 Å². The highest BCUT2D eigenvalue weighted by Gasteiger charge is 2.20. The molecule has 1 amide bonds. The quantitative estimate of drug-likeness (QED) is 0.752. The van der Waals surface area contributed by atoms with Crippen LogP contribution < -0.4 is 11.1 Å². The van der Waals surface area contributed by atoms with Gasteiger partial charge in [0.15, 0.2) is 0 Å². The van der Waals surface area contributed by atoms with Gasteiger partial charge in [0.05, 0.1) is 6.04 Å². The Bertz CT molecular complexity index is 165. The summed E-state index contributed by atoms with van der Waals surface area (Å²) >= 11 is 0. The minimum atomic E-state index is -0.215. The summed E-state index contributed by atoms with van der Waals surface area (Å²) in [6, 6.07) is -0.122. The molecule has 1 atom stereocenters. The largest absolute Gasteiger partial charge is 0.368 e. The molecule has 0 aromatic rings. The molecule has 0 radical (unpaired) electrons. The van der Waals surface area contributed by atoms with Gasteiger partial charge in [0.25, 0.3) is 0 Å². The molecular weight excluding hydrogens is 188 g/mol. The number of hydrogen-bond donors (Lipinski definition) is 2. The smallest absolute Gasteiger partial charge is 0.234 e. The summed E-state index contributed by atoms with van der Waals surface area (Å²) in [7, 11) is 1.80. The highest BCUT2D eigenvalue weighted by atomic mass is 16.1. The first-order valence-corrected chi connectivity index (χ1v) is 6.20. The van der Waals surface area contributed by atoms with Gasteiger partial charge >= 0.3 is 0 Å². The number of carbonyl (C=O) groups excluding carboxylic acids is 1. The van der Waals surface area contributed by atoms with Gasteiger partial charge in [0, 0.05) is 0 Å². The first-order chi connectivity index (χ1) is 7.24. The molecule has 15 heavy (non-hydrogen) atoms. The van der Waals surface area contributed by atoms with Crippen molar-refractivity contribution in [2.45, 2.75) is 58.4 Å². The van der Waals surface area contributed by atoms with Gasteiger partial charge in [-0.05, 0) is 19.4 Å². The third kappa shape index (κ3) is 5.78. The number of nitrogens with two attached hydrogens (primary N) is 1. The van der Waals surface area contributed by atoms with Crippen molar-refractivity contribution in [1.82, 2.24) is 5.32 Å². The van der Waals surface area contributed by atoms with E-state index in [9.17, 15) is 4.79 Å². The summed E-state index contributed by atoms with van der Waals surface area (Å²) in [6.07, 6.45) is 7.46. The maximum absolute atomic E-state index is 11.0. The van der Waals surface area contributed by atoms with E-state index in [0.717, 1.165) is 6.42 Å². The molecule has 0 aliphatic heterocycles. The lowest BCUT2D eigenvalue weighted by molar-refractivity contribution is -0.120. The number of rotatable bonds is 4. The molecule has 0 spiro atoms. The number of amides is 1. The molecule has 3 nitrogen and oxygen atoms in total. The van der Waals surface area contributed by atoms with Crippen molar-refractivity contribution in [1.29, 1.82) is 0 Å². The molecule has 0 aromatic heterocycles. The van der Waals surface area contributed by atoms with Crippen LogP contribution in [-0.2, 0) is 4.79 Å². The van der Waals surface area contributed by atoms with E-state index < -0.39 is 0 Å². The van der Waals surface area contributed by atoms with Crippen LogP contribution >= 0.6 is 0 Å². The van der Waals surface area contributed by atoms with Crippen LogP contribution in [0, 0.1) is 5.92 Å². The molecule has 0 bridgehead atoms. The van der Waals surface area contributed by atoms with Gasteiger partial charge in [-0.25, -0.2) is 0 Å². The molecule has 0 heterocycles. The molecule has 0 saturated heterocycles. The van der Waals surface area contributed by atoms with Crippen LogP contribution in [-0.4, -0.2) is 19.0 Å². The fourth-order valence-corrected chi connectivity index (χ4v) is 2.13. The van der Waals surface area contributed by atoms with Crippen molar-refractivity contribution < 1.29 is 4.79 Å². The first kappa shape index (κ1) is 14.4. The Morgan fingerprint density at radius 3 is 2.27 bits per heavy atom. The molecular formula is C12H26N2O. The number of carbonyl (C=O) groups is 1. The molecule has 1 rings (SSSR count). The van der Waals surface area contributed by atoms with Crippen LogP contribution in [0.15, 0.2) is 0 Å². The minimum absolute atomic E-state index is 0.122. The lowest BCUT2D eigenvalue weighted by Gasteiger charge is -2.24. The van der Waals surface area contributed by atoms with Crippen molar-refractivity contribution >= 4 is 5.91 Å². The van der Waals surface area contributed by atoms with Gasteiger partial charge in [-0.3, -0.25) is 4.79 Å². The summed E-state index contributed by atoms with van der Waals surface area (Å²) < 4.78 is 0. The zero-order valence-electron chi connectivity index (χ0n) is 10.4. The maximum Gasteiger partial charge on any atom is 0.234 e. The van der Waals surface area contributed by atoms with E-state index in [1.165, 1.54) is 32.1 Å². The van der Waals surface area contributed by atoms with Gasteiger partial charge in [0.2, 0.25) is 5.91 Å². The normalized spacial score (nSPS) is 18.9. The molecule has 0 unspecified atom stereocenters. The van der Waals surface area contributed by atoms with Gasteiger partial charge in [-0.15, -0.1) is 0 Å². The summed E-state index contributed by atoms with van der Waals surface area (Å²) in [4.78, 5) is 11.0. The van der Waals surface area contributed by atoms with Crippen LogP contribution in [0.4, 0.5) is 0 Å². The molecule has 1 aliphatic rings. The first-order valence-electron chi connectivity index (χ1n) is 6.20. The average Bonchev–Trinajstić information content (AvgIpc) is 2.29. The second-order valence-electron chi connectivity index (χ2n) is 3.98. The Hall–Kier alpha value is -0.570. The Morgan fingerprint density at radius 1 is 1.33 bits per heavy atom. The molecule has 3 heteroatoms. The third-order valence-electron chi connectivity index (χ3n) is 2.99. The SMILES string of the molecule is CC.CN[C@@H](CC1CCCCC1)C(N)=O. The monoisotopic (exact) mass is 214 g/mol. The lowest BCUT2D eigenvalue weighted by Crippen LogP contribution is -2.40. The number of nitrogens with one attached hydrogen (secondary N) is 1. The molecule has 0 aromatic carbocycles. The van der Waals surface area contributed by atoms with Gasteiger partial charge in [0.1, 0.15) is 0 Å². The Morgan fingerprint density at radius 2 is 1.87 bits per heavy atom. The molecule has 1 aliphatic carbocycles. The molecule has 3 N–H and O–H groups in total. The fraction of sp³-hybridized carbons (Fsp3) is 0.917. The van der Waals surface area contributed by atoms with E-state index >= 15 is 0 Å². The average molecular weight is 214 g/mol. The fourth-order valence-electron chi connectivity index (χ4n) is 2.13. The maximum atomic E-state index is 11.0. The summed E-state index contributed by atoms with van der Waals surface area (Å²) in [5.41, 5.74) is 5.26. The third-order valence-corrected chi connectivity index (χ3v) is 2.99. The zero-order chi connectivity index (χ0) is 11.7. The van der Waals surface area contributed by atoms with E-state index in [2.05, 4.69) is 5.32 Å². The van der Waals surface area contributed by atoms with Crippen LogP contribution in [0.2, 0.25) is 0 Å². The zero-order valence-corrected chi connectivity index (χ0v) is 10.4. The van der Waals surface area contributed by atoms with Crippen molar-refractivity contribution in [3.05, 3.63) is 0 Å². The lowest BCUT2D eigenvalue weighted by atomic mass is 9.85. The summed E-state index contributed by atoms with van der Waals surface area (Å²) in [6.45, 7) is 4.00. The standard InChI is InChI=1S/C10H20N2O.C2H6/c1-12-9(10(11)13)7-8-5-3-2-4-6-8;1-2/h8-9,12H,2-7H2,1H3,(H2,11,13);1-2H3/t9-;/m0./s1. The van der Waals surface area contributed by atoms with Crippen LogP contribution in [0.3, 0.4) is 0 Å². The van der Waals surface area contributed by atoms with Crippen LogP contribution in [0.25, 0.3) is 0 Å². The number of primary amides is 1. The van der Waals surface area contributed by atoms with E-state index in [1.807, 2.05) is 13.8 Å².